The van der Waals surface area contributed by atoms with Gasteiger partial charge in [0, 0.05) is 11.1 Å². The average Bonchev–Trinajstić information content (AvgIpc) is 3.04. The standard InChI is InChI=1S/C18H14ClN3O2/c19-16-4-2-1-3-15(16)17-10-9-14(24-17)11-21-22-18(20)12-5-7-13(23)8-6-12/h1-11,23H,(H2,20,22)/b21-11+. The Morgan fingerprint density at radius 3 is 2.54 bits per heavy atom. The van der Waals surface area contributed by atoms with E-state index in [0.717, 1.165) is 5.56 Å². The van der Waals surface area contributed by atoms with Gasteiger partial charge in [0.1, 0.15) is 17.3 Å². The topological polar surface area (TPSA) is 84.1 Å². The van der Waals surface area contributed by atoms with Crippen molar-refractivity contribution in [3.05, 3.63) is 77.0 Å². The maximum Gasteiger partial charge on any atom is 0.153 e. The molecule has 6 heteroatoms. The quantitative estimate of drug-likeness (QED) is 0.427. The van der Waals surface area contributed by atoms with Crippen LogP contribution in [0.2, 0.25) is 5.02 Å². The zero-order valence-electron chi connectivity index (χ0n) is 12.6. The van der Waals surface area contributed by atoms with Crippen molar-refractivity contribution in [1.82, 2.24) is 0 Å². The molecule has 0 bridgehead atoms. The van der Waals surface area contributed by atoms with Crippen LogP contribution in [0.25, 0.3) is 11.3 Å². The summed E-state index contributed by atoms with van der Waals surface area (Å²) in [5, 5.41) is 17.7. The third-order valence-corrected chi connectivity index (χ3v) is 3.61. The SMILES string of the molecule is N/C(=N/N=C/c1ccc(-c2ccccc2Cl)o1)c1ccc(O)cc1. The Balaban J connectivity index is 1.75. The van der Waals surface area contributed by atoms with Crippen LogP contribution in [0.15, 0.2) is 75.3 Å². The van der Waals surface area contributed by atoms with E-state index in [1.165, 1.54) is 18.3 Å². The lowest BCUT2D eigenvalue weighted by Crippen LogP contribution is -2.12. The number of furan rings is 1. The van der Waals surface area contributed by atoms with Gasteiger partial charge in [0.25, 0.3) is 0 Å². The number of nitrogens with zero attached hydrogens (tertiary/aromatic N) is 2. The van der Waals surface area contributed by atoms with Crippen LogP contribution in [0, 0.1) is 0 Å². The Morgan fingerprint density at radius 2 is 1.79 bits per heavy atom. The smallest absolute Gasteiger partial charge is 0.153 e. The maximum absolute atomic E-state index is 9.25. The molecule has 0 saturated heterocycles. The van der Waals surface area contributed by atoms with E-state index in [0.29, 0.717) is 22.1 Å². The van der Waals surface area contributed by atoms with E-state index >= 15 is 0 Å². The number of benzene rings is 2. The molecule has 3 N–H and O–H groups in total. The molecule has 0 unspecified atom stereocenters. The second-order valence-corrected chi connectivity index (χ2v) is 5.37. The highest BCUT2D eigenvalue weighted by atomic mass is 35.5. The van der Waals surface area contributed by atoms with Crippen molar-refractivity contribution in [3.8, 4) is 17.1 Å². The van der Waals surface area contributed by atoms with Gasteiger partial charge in [-0.15, -0.1) is 5.10 Å². The van der Waals surface area contributed by atoms with Crippen LogP contribution in [0.3, 0.4) is 0 Å². The van der Waals surface area contributed by atoms with Gasteiger partial charge in [0.2, 0.25) is 0 Å². The van der Waals surface area contributed by atoms with Gasteiger partial charge >= 0.3 is 0 Å². The summed E-state index contributed by atoms with van der Waals surface area (Å²) in [4.78, 5) is 0. The van der Waals surface area contributed by atoms with Gasteiger partial charge in [-0.1, -0.05) is 23.7 Å². The largest absolute Gasteiger partial charge is 0.508 e. The number of rotatable bonds is 4. The molecule has 24 heavy (non-hydrogen) atoms. The summed E-state index contributed by atoms with van der Waals surface area (Å²) in [5.74, 6) is 1.59. The monoisotopic (exact) mass is 339 g/mol. The number of phenols is 1. The van der Waals surface area contributed by atoms with E-state index in [2.05, 4.69) is 10.2 Å². The molecule has 1 heterocycles. The van der Waals surface area contributed by atoms with Crippen LogP contribution in [-0.4, -0.2) is 17.2 Å². The first-order valence-electron chi connectivity index (χ1n) is 7.14. The van der Waals surface area contributed by atoms with Crippen molar-refractivity contribution in [1.29, 1.82) is 0 Å². The average molecular weight is 340 g/mol. The van der Waals surface area contributed by atoms with Crippen LogP contribution in [-0.2, 0) is 0 Å². The van der Waals surface area contributed by atoms with Crippen molar-refractivity contribution in [2.24, 2.45) is 15.9 Å². The molecule has 0 amide bonds. The lowest BCUT2D eigenvalue weighted by atomic mass is 10.2. The minimum Gasteiger partial charge on any atom is -0.508 e. The Morgan fingerprint density at radius 1 is 1.04 bits per heavy atom. The van der Waals surface area contributed by atoms with Crippen molar-refractivity contribution in [3.63, 3.8) is 0 Å². The first-order chi connectivity index (χ1) is 11.6. The van der Waals surface area contributed by atoms with Gasteiger partial charge in [0.15, 0.2) is 5.84 Å². The number of hydrogen-bond acceptors (Lipinski definition) is 4. The van der Waals surface area contributed by atoms with Gasteiger partial charge in [-0.25, -0.2) is 0 Å². The fraction of sp³-hybridized carbons (Fsp3) is 0. The number of phenolic OH excluding ortho intramolecular Hbond substituents is 1. The molecule has 0 radical (unpaired) electrons. The molecule has 0 spiro atoms. The molecule has 2 aromatic carbocycles. The highest BCUT2D eigenvalue weighted by Gasteiger charge is 2.06. The fourth-order valence-corrected chi connectivity index (χ4v) is 2.29. The van der Waals surface area contributed by atoms with Gasteiger partial charge < -0.3 is 15.3 Å². The van der Waals surface area contributed by atoms with Gasteiger partial charge in [-0.05, 0) is 48.5 Å². The third kappa shape index (κ3) is 3.64. The summed E-state index contributed by atoms with van der Waals surface area (Å²) in [6, 6.07) is 17.4. The summed E-state index contributed by atoms with van der Waals surface area (Å²) in [6.45, 7) is 0. The number of hydrogen-bond donors (Lipinski definition) is 2. The van der Waals surface area contributed by atoms with E-state index in [1.54, 1.807) is 24.3 Å². The molecule has 120 valence electrons. The molecule has 0 fully saturated rings. The predicted molar refractivity (Wildman–Crippen MR) is 95.6 cm³/mol. The van der Waals surface area contributed by atoms with Crippen LogP contribution < -0.4 is 5.73 Å². The zero-order chi connectivity index (χ0) is 16.9. The molecule has 0 saturated carbocycles. The van der Waals surface area contributed by atoms with Crippen molar-refractivity contribution >= 4 is 23.7 Å². The second-order valence-electron chi connectivity index (χ2n) is 4.96. The second kappa shape index (κ2) is 7.02. The maximum atomic E-state index is 9.25. The fourth-order valence-electron chi connectivity index (χ4n) is 2.07. The van der Waals surface area contributed by atoms with E-state index < -0.39 is 0 Å². The molecule has 0 aliphatic carbocycles. The molecule has 0 aliphatic rings. The minimum absolute atomic E-state index is 0.165. The van der Waals surface area contributed by atoms with Crippen LogP contribution in [0.1, 0.15) is 11.3 Å². The molecule has 5 nitrogen and oxygen atoms in total. The lowest BCUT2D eigenvalue weighted by Gasteiger charge is -1.99. The van der Waals surface area contributed by atoms with Gasteiger partial charge in [0.05, 0.1) is 11.2 Å². The van der Waals surface area contributed by atoms with Gasteiger partial charge in [-0.2, -0.15) is 5.10 Å². The van der Waals surface area contributed by atoms with E-state index in [4.69, 9.17) is 21.8 Å². The van der Waals surface area contributed by atoms with E-state index in [-0.39, 0.29) is 11.6 Å². The highest BCUT2D eigenvalue weighted by molar-refractivity contribution is 6.33. The van der Waals surface area contributed by atoms with Crippen molar-refractivity contribution in [2.75, 3.05) is 0 Å². The number of halogens is 1. The third-order valence-electron chi connectivity index (χ3n) is 3.28. The molecule has 0 atom stereocenters. The highest BCUT2D eigenvalue weighted by Crippen LogP contribution is 2.28. The molecule has 3 rings (SSSR count). The van der Waals surface area contributed by atoms with E-state index in [1.807, 2.05) is 24.3 Å². The summed E-state index contributed by atoms with van der Waals surface area (Å²) < 4.78 is 5.68. The van der Waals surface area contributed by atoms with Crippen LogP contribution >= 0.6 is 11.6 Å². The van der Waals surface area contributed by atoms with Crippen LogP contribution in [0.5, 0.6) is 5.75 Å². The molecule has 0 aliphatic heterocycles. The van der Waals surface area contributed by atoms with Crippen LogP contribution in [0.4, 0.5) is 0 Å². The zero-order valence-corrected chi connectivity index (χ0v) is 13.3. The molecule has 1 aromatic heterocycles. The van der Waals surface area contributed by atoms with E-state index in [9.17, 15) is 5.11 Å². The summed E-state index contributed by atoms with van der Waals surface area (Å²) in [7, 11) is 0. The number of amidine groups is 1. The first kappa shape index (κ1) is 15.8. The molecular formula is C18H14ClN3O2. The Hall–Kier alpha value is -3.05. The predicted octanol–water partition coefficient (Wildman–Crippen LogP) is 4.05. The van der Waals surface area contributed by atoms with Crippen molar-refractivity contribution < 1.29 is 9.52 Å². The lowest BCUT2D eigenvalue weighted by molar-refractivity contribution is 0.475. The molecule has 3 aromatic rings. The number of aromatic hydroxyl groups is 1. The summed E-state index contributed by atoms with van der Waals surface area (Å²) in [5.41, 5.74) is 7.31. The first-order valence-corrected chi connectivity index (χ1v) is 7.52. The Labute approximate surface area is 143 Å². The normalized spacial score (nSPS) is 12.0. The summed E-state index contributed by atoms with van der Waals surface area (Å²) in [6.07, 6.45) is 1.47. The van der Waals surface area contributed by atoms with Gasteiger partial charge in [-0.3, -0.25) is 0 Å². The summed E-state index contributed by atoms with van der Waals surface area (Å²) >= 11 is 6.14. The molecular weight excluding hydrogens is 326 g/mol. The Kier molecular flexibility index (Phi) is 4.63. The van der Waals surface area contributed by atoms with Crippen molar-refractivity contribution in [2.45, 2.75) is 0 Å². The minimum atomic E-state index is 0.165. The number of nitrogens with two attached hydrogens (primary N) is 1. The Bertz CT molecular complexity index is 899.